The van der Waals surface area contributed by atoms with Gasteiger partial charge in [0.25, 0.3) is 0 Å². The predicted octanol–water partition coefficient (Wildman–Crippen LogP) is 14.2. The van der Waals surface area contributed by atoms with Crippen molar-refractivity contribution in [3.63, 3.8) is 0 Å². The van der Waals surface area contributed by atoms with Crippen molar-refractivity contribution in [2.75, 3.05) is 0 Å². The van der Waals surface area contributed by atoms with Crippen LogP contribution in [0.25, 0.3) is 95.0 Å². The van der Waals surface area contributed by atoms with Crippen molar-refractivity contribution in [1.82, 2.24) is 19.5 Å². The fraction of sp³-hybridized carbons (Fsp3) is 0.105. The molecule has 0 bridgehead atoms. The van der Waals surface area contributed by atoms with E-state index in [0.717, 1.165) is 33.5 Å². The number of nitrogens with zero attached hydrogens (tertiary/aromatic N) is 4. The first-order valence-electron chi connectivity index (χ1n) is 21.2. The van der Waals surface area contributed by atoms with Crippen molar-refractivity contribution >= 4 is 21.8 Å². The van der Waals surface area contributed by atoms with E-state index in [0.29, 0.717) is 17.5 Å². The van der Waals surface area contributed by atoms with Crippen LogP contribution in [0.5, 0.6) is 0 Å². The average Bonchev–Trinajstić information content (AvgIpc) is 3.85. The molecule has 4 nitrogen and oxygen atoms in total. The van der Waals surface area contributed by atoms with E-state index in [1.54, 1.807) is 0 Å². The van der Waals surface area contributed by atoms with Crippen LogP contribution >= 0.6 is 0 Å². The zero-order valence-electron chi connectivity index (χ0n) is 34.6. The third-order valence-electron chi connectivity index (χ3n) is 13.4. The van der Waals surface area contributed by atoms with E-state index >= 15 is 0 Å². The molecule has 10 aromatic rings. The first-order valence-corrected chi connectivity index (χ1v) is 21.2. The molecule has 0 aliphatic heterocycles. The number of rotatable bonds is 5. The fourth-order valence-electron chi connectivity index (χ4n) is 10.4. The van der Waals surface area contributed by atoms with Gasteiger partial charge in [-0.2, -0.15) is 0 Å². The van der Waals surface area contributed by atoms with E-state index in [1.165, 1.54) is 66.4 Å². The molecular formula is C57H42N4. The Morgan fingerprint density at radius 1 is 0.344 bits per heavy atom. The second kappa shape index (κ2) is 13.0. The summed E-state index contributed by atoms with van der Waals surface area (Å²) >= 11 is 0. The Balaban J connectivity index is 1.17. The highest BCUT2D eigenvalue weighted by Gasteiger charge is 2.38. The Morgan fingerprint density at radius 3 is 1.57 bits per heavy atom. The van der Waals surface area contributed by atoms with Gasteiger partial charge in [-0.05, 0) is 92.0 Å². The van der Waals surface area contributed by atoms with Gasteiger partial charge in [0.1, 0.15) is 0 Å². The van der Waals surface area contributed by atoms with E-state index in [2.05, 4.69) is 178 Å². The molecule has 0 saturated heterocycles. The molecule has 2 aliphatic rings. The number of para-hydroxylation sites is 1. The third-order valence-corrected chi connectivity index (χ3v) is 13.4. The molecule has 0 radical (unpaired) electrons. The molecule has 4 heteroatoms. The number of hydrogen-bond donors (Lipinski definition) is 0. The molecule has 2 aliphatic carbocycles. The van der Waals surface area contributed by atoms with Gasteiger partial charge in [-0.3, -0.25) is 0 Å². The Kier molecular flexibility index (Phi) is 7.59. The molecule has 0 amide bonds. The van der Waals surface area contributed by atoms with Crippen LogP contribution < -0.4 is 0 Å². The van der Waals surface area contributed by atoms with Crippen LogP contribution in [-0.4, -0.2) is 19.5 Å². The summed E-state index contributed by atoms with van der Waals surface area (Å²) in [6.07, 6.45) is 0. The van der Waals surface area contributed by atoms with Crippen LogP contribution in [0.2, 0.25) is 0 Å². The summed E-state index contributed by atoms with van der Waals surface area (Å²) in [7, 11) is 0. The highest BCUT2D eigenvalue weighted by atomic mass is 15.0. The van der Waals surface area contributed by atoms with Crippen molar-refractivity contribution in [1.29, 1.82) is 0 Å². The molecule has 290 valence electrons. The lowest BCUT2D eigenvalue weighted by Crippen LogP contribution is -2.15. The molecule has 0 atom stereocenters. The Bertz CT molecular complexity index is 3350. The monoisotopic (exact) mass is 782 g/mol. The van der Waals surface area contributed by atoms with Gasteiger partial charge in [-0.1, -0.05) is 173 Å². The minimum absolute atomic E-state index is 0.136. The van der Waals surface area contributed by atoms with E-state index in [1.807, 2.05) is 36.4 Å². The van der Waals surface area contributed by atoms with Crippen molar-refractivity contribution in [2.24, 2.45) is 0 Å². The first kappa shape index (κ1) is 35.5. The molecule has 12 rings (SSSR count). The van der Waals surface area contributed by atoms with Crippen LogP contribution in [0.4, 0.5) is 0 Å². The number of benzene rings is 8. The molecule has 0 fully saturated rings. The number of aromatic nitrogens is 4. The smallest absolute Gasteiger partial charge is 0.164 e. The third kappa shape index (κ3) is 5.28. The van der Waals surface area contributed by atoms with Gasteiger partial charge in [0.2, 0.25) is 0 Å². The average molecular weight is 783 g/mol. The van der Waals surface area contributed by atoms with Gasteiger partial charge in [0.05, 0.1) is 11.0 Å². The second-order valence-electron chi connectivity index (χ2n) is 17.6. The Hall–Kier alpha value is -7.43. The maximum absolute atomic E-state index is 5.27. The summed E-state index contributed by atoms with van der Waals surface area (Å²) in [6.45, 7) is 9.42. The SMILES string of the molecule is CC1(C)c2ccccc2-c2cc3c4ccccc4n(-c4cc(-c5nc(-c6ccccc6)nc(-c6ccccc6)n5)cc(-c5cccc6c5-c5ccccc5C6(C)C)c4)c3cc21. The van der Waals surface area contributed by atoms with Crippen LogP contribution in [0.3, 0.4) is 0 Å². The summed E-state index contributed by atoms with van der Waals surface area (Å²) < 4.78 is 2.47. The number of fused-ring (bicyclic) bond motifs is 9. The zero-order valence-corrected chi connectivity index (χ0v) is 34.6. The van der Waals surface area contributed by atoms with E-state index in [9.17, 15) is 0 Å². The van der Waals surface area contributed by atoms with E-state index in [4.69, 9.17) is 15.0 Å². The van der Waals surface area contributed by atoms with Crippen LogP contribution in [0.1, 0.15) is 49.9 Å². The molecule has 8 aromatic carbocycles. The standard InChI is InChI=1S/C57H42N4/c1-56(2)47-27-15-12-24-43(47)52-40(25-17-28-48(52)56)37-30-38(55-59-53(35-18-7-5-8-19-35)58-54(60-55)36-20-9-6-10-21-36)32-39(31-37)61-50-29-16-13-23-42(50)45-33-44-41-22-11-14-26-46(41)57(3,4)49(44)34-51(45)61/h5-34H,1-4H3. The summed E-state index contributed by atoms with van der Waals surface area (Å²) in [4.78, 5) is 15.6. The lowest BCUT2D eigenvalue weighted by atomic mass is 9.82. The van der Waals surface area contributed by atoms with Gasteiger partial charge in [0, 0.05) is 44.0 Å². The van der Waals surface area contributed by atoms with Gasteiger partial charge in [0.15, 0.2) is 17.5 Å². The van der Waals surface area contributed by atoms with E-state index in [-0.39, 0.29) is 10.8 Å². The largest absolute Gasteiger partial charge is 0.309 e. The Labute approximate surface area is 355 Å². The Morgan fingerprint density at radius 2 is 0.869 bits per heavy atom. The molecule has 0 N–H and O–H groups in total. The van der Waals surface area contributed by atoms with Crippen LogP contribution in [-0.2, 0) is 10.8 Å². The van der Waals surface area contributed by atoms with Crippen molar-refractivity contribution < 1.29 is 0 Å². The molecule has 0 unspecified atom stereocenters. The highest BCUT2D eigenvalue weighted by molar-refractivity contribution is 6.12. The van der Waals surface area contributed by atoms with Gasteiger partial charge >= 0.3 is 0 Å². The molecule has 61 heavy (non-hydrogen) atoms. The highest BCUT2D eigenvalue weighted by Crippen LogP contribution is 2.53. The predicted molar refractivity (Wildman–Crippen MR) is 251 cm³/mol. The maximum Gasteiger partial charge on any atom is 0.164 e. The van der Waals surface area contributed by atoms with Crippen molar-refractivity contribution in [2.45, 2.75) is 38.5 Å². The topological polar surface area (TPSA) is 43.6 Å². The normalized spacial score (nSPS) is 14.2. The molecule has 0 spiro atoms. The molecule has 2 heterocycles. The first-order chi connectivity index (χ1) is 29.8. The maximum atomic E-state index is 5.27. The summed E-state index contributed by atoms with van der Waals surface area (Å²) in [5.74, 6) is 1.91. The molecule has 0 saturated carbocycles. The van der Waals surface area contributed by atoms with Crippen molar-refractivity contribution in [3.05, 3.63) is 204 Å². The fourth-order valence-corrected chi connectivity index (χ4v) is 10.4. The molecular weight excluding hydrogens is 741 g/mol. The van der Waals surface area contributed by atoms with Crippen LogP contribution in [0, 0.1) is 0 Å². The van der Waals surface area contributed by atoms with Crippen LogP contribution in [0.15, 0.2) is 182 Å². The van der Waals surface area contributed by atoms with Gasteiger partial charge < -0.3 is 4.57 Å². The van der Waals surface area contributed by atoms with Gasteiger partial charge in [-0.25, -0.2) is 15.0 Å². The van der Waals surface area contributed by atoms with E-state index < -0.39 is 0 Å². The summed E-state index contributed by atoms with van der Waals surface area (Å²) in [5.41, 5.74) is 18.9. The summed E-state index contributed by atoms with van der Waals surface area (Å²) in [6, 6.07) is 65.8. The summed E-state index contributed by atoms with van der Waals surface area (Å²) in [5, 5.41) is 2.46. The second-order valence-corrected chi connectivity index (χ2v) is 17.6. The molecule has 2 aromatic heterocycles. The zero-order chi connectivity index (χ0) is 41.0. The lowest BCUT2D eigenvalue weighted by Gasteiger charge is -2.22. The minimum Gasteiger partial charge on any atom is -0.309 e. The lowest BCUT2D eigenvalue weighted by molar-refractivity contribution is 0.660. The number of hydrogen-bond acceptors (Lipinski definition) is 3. The van der Waals surface area contributed by atoms with Gasteiger partial charge in [-0.15, -0.1) is 0 Å². The minimum atomic E-state index is -0.147. The van der Waals surface area contributed by atoms with Crippen molar-refractivity contribution in [3.8, 4) is 73.2 Å². The quantitative estimate of drug-likeness (QED) is 0.175.